The number of rotatable bonds is 5. The Balaban J connectivity index is 2.65. The highest BCUT2D eigenvalue weighted by atomic mass is 16.1. The van der Waals surface area contributed by atoms with Gasteiger partial charge in [0, 0.05) is 25.4 Å². The Labute approximate surface area is 90.4 Å². The summed E-state index contributed by atoms with van der Waals surface area (Å²) in [7, 11) is 0. The van der Waals surface area contributed by atoms with Crippen LogP contribution in [0.4, 0.5) is 0 Å². The Morgan fingerprint density at radius 3 is 2.93 bits per heavy atom. The van der Waals surface area contributed by atoms with Gasteiger partial charge in [0.2, 0.25) is 0 Å². The van der Waals surface area contributed by atoms with Crippen molar-refractivity contribution >= 4 is 0 Å². The van der Waals surface area contributed by atoms with E-state index in [2.05, 4.69) is 11.9 Å². The lowest BCUT2D eigenvalue weighted by molar-refractivity contribution is 0.687. The third kappa shape index (κ3) is 3.72. The molecule has 0 unspecified atom stereocenters. The molecule has 0 aliphatic carbocycles. The second-order valence-corrected chi connectivity index (χ2v) is 3.70. The monoisotopic (exact) mass is 206 g/mol. The third-order valence-corrected chi connectivity index (χ3v) is 2.17. The fourth-order valence-corrected chi connectivity index (χ4v) is 1.34. The Morgan fingerprint density at radius 1 is 1.60 bits per heavy atom. The molecule has 0 aromatic carbocycles. The topological polar surface area (TPSA) is 34.0 Å². The molecule has 1 rings (SSSR count). The van der Waals surface area contributed by atoms with Crippen molar-refractivity contribution in [2.45, 2.75) is 20.4 Å². The maximum absolute atomic E-state index is 11.6. The third-order valence-electron chi connectivity index (χ3n) is 2.17. The van der Waals surface area contributed by atoms with E-state index in [1.165, 1.54) is 0 Å². The number of aryl methyl sites for hydroxylation is 1. The molecule has 3 heteroatoms. The largest absolute Gasteiger partial charge is 0.313 e. The maximum Gasteiger partial charge on any atom is 0.251 e. The number of nitrogens with zero attached hydrogens (tertiary/aromatic N) is 1. The van der Waals surface area contributed by atoms with Gasteiger partial charge < -0.3 is 9.88 Å². The first-order valence-corrected chi connectivity index (χ1v) is 5.18. The molecule has 0 saturated carbocycles. The average Bonchev–Trinajstić information content (AvgIpc) is 2.19. The summed E-state index contributed by atoms with van der Waals surface area (Å²) >= 11 is 0. The fourth-order valence-electron chi connectivity index (χ4n) is 1.34. The highest BCUT2D eigenvalue weighted by Crippen LogP contribution is 1.95. The highest BCUT2D eigenvalue weighted by Gasteiger charge is 1.98. The molecule has 0 fully saturated rings. The van der Waals surface area contributed by atoms with Crippen molar-refractivity contribution in [3.05, 3.63) is 46.4 Å². The smallest absolute Gasteiger partial charge is 0.251 e. The number of aromatic nitrogens is 1. The van der Waals surface area contributed by atoms with E-state index in [4.69, 9.17) is 0 Å². The van der Waals surface area contributed by atoms with Crippen LogP contribution in [0.25, 0.3) is 0 Å². The first-order valence-electron chi connectivity index (χ1n) is 5.18. The zero-order valence-electron chi connectivity index (χ0n) is 9.42. The van der Waals surface area contributed by atoms with Gasteiger partial charge in [0.1, 0.15) is 0 Å². The summed E-state index contributed by atoms with van der Waals surface area (Å²) in [5.74, 6) is 0. The van der Waals surface area contributed by atoms with Crippen LogP contribution in [-0.4, -0.2) is 17.7 Å². The Bertz CT molecular complexity index is 393. The van der Waals surface area contributed by atoms with Crippen molar-refractivity contribution in [3.63, 3.8) is 0 Å². The molecule has 1 aromatic rings. The van der Waals surface area contributed by atoms with Gasteiger partial charge in [-0.3, -0.25) is 4.79 Å². The van der Waals surface area contributed by atoms with Gasteiger partial charge in [-0.1, -0.05) is 13.5 Å². The molecule has 0 bridgehead atoms. The molecule has 0 radical (unpaired) electrons. The molecule has 0 spiro atoms. The molecule has 0 aliphatic heterocycles. The van der Waals surface area contributed by atoms with Crippen LogP contribution in [-0.2, 0) is 6.54 Å². The minimum atomic E-state index is 0.0349. The first-order chi connectivity index (χ1) is 7.13. The van der Waals surface area contributed by atoms with E-state index in [0.717, 1.165) is 24.2 Å². The van der Waals surface area contributed by atoms with E-state index in [9.17, 15) is 4.79 Å². The molecule has 82 valence electrons. The predicted molar refractivity (Wildman–Crippen MR) is 63.1 cm³/mol. The van der Waals surface area contributed by atoms with Crippen LogP contribution < -0.4 is 10.9 Å². The summed E-state index contributed by atoms with van der Waals surface area (Å²) < 4.78 is 1.67. The lowest BCUT2D eigenvalue weighted by Gasteiger charge is -2.08. The Kier molecular flexibility index (Phi) is 4.31. The minimum Gasteiger partial charge on any atom is -0.313 e. The van der Waals surface area contributed by atoms with Crippen LogP contribution in [0.5, 0.6) is 0 Å². The van der Waals surface area contributed by atoms with E-state index in [1.54, 1.807) is 10.6 Å². The van der Waals surface area contributed by atoms with Gasteiger partial charge in [-0.05, 0) is 30.7 Å². The quantitative estimate of drug-likeness (QED) is 0.737. The summed E-state index contributed by atoms with van der Waals surface area (Å²) in [5, 5.41) is 3.18. The summed E-state index contributed by atoms with van der Waals surface area (Å²) in [6, 6.07) is 3.57. The van der Waals surface area contributed by atoms with Crippen LogP contribution in [0.15, 0.2) is 35.3 Å². The van der Waals surface area contributed by atoms with Crippen LogP contribution in [0.1, 0.15) is 12.5 Å². The van der Waals surface area contributed by atoms with Gasteiger partial charge in [0.05, 0.1) is 0 Å². The molecular formula is C12H18N2O. The zero-order chi connectivity index (χ0) is 11.3. The molecule has 15 heavy (non-hydrogen) atoms. The van der Waals surface area contributed by atoms with Gasteiger partial charge in [-0.15, -0.1) is 0 Å². The number of pyridine rings is 1. The minimum absolute atomic E-state index is 0.0349. The van der Waals surface area contributed by atoms with E-state index in [1.807, 2.05) is 26.1 Å². The summed E-state index contributed by atoms with van der Waals surface area (Å²) in [4.78, 5) is 11.6. The summed E-state index contributed by atoms with van der Waals surface area (Å²) in [6.07, 6.45) is 1.81. The molecule has 1 aromatic heterocycles. The maximum atomic E-state index is 11.6. The summed E-state index contributed by atoms with van der Waals surface area (Å²) in [5.41, 5.74) is 2.05. The Morgan fingerprint density at radius 2 is 2.33 bits per heavy atom. The van der Waals surface area contributed by atoms with Crippen molar-refractivity contribution in [2.24, 2.45) is 0 Å². The molecular weight excluding hydrogens is 188 g/mol. The van der Waals surface area contributed by atoms with Crippen molar-refractivity contribution in [1.82, 2.24) is 9.88 Å². The zero-order valence-corrected chi connectivity index (χ0v) is 9.42. The highest BCUT2D eigenvalue weighted by molar-refractivity contribution is 5.09. The molecule has 1 N–H and O–H groups in total. The van der Waals surface area contributed by atoms with Crippen molar-refractivity contribution in [3.8, 4) is 0 Å². The number of hydrogen-bond donors (Lipinski definition) is 1. The molecule has 0 aliphatic rings. The normalized spacial score (nSPS) is 10.3. The van der Waals surface area contributed by atoms with Gasteiger partial charge in [0.15, 0.2) is 0 Å². The molecule has 0 atom stereocenters. The second-order valence-electron chi connectivity index (χ2n) is 3.70. The summed E-state index contributed by atoms with van der Waals surface area (Å²) in [6.45, 7) is 10.2. The van der Waals surface area contributed by atoms with E-state index in [0.29, 0.717) is 6.54 Å². The predicted octanol–water partition coefficient (Wildman–Crippen LogP) is 1.32. The Hall–Kier alpha value is -1.35. The van der Waals surface area contributed by atoms with Gasteiger partial charge in [-0.25, -0.2) is 0 Å². The van der Waals surface area contributed by atoms with Crippen molar-refractivity contribution in [1.29, 1.82) is 0 Å². The second kappa shape index (κ2) is 5.51. The van der Waals surface area contributed by atoms with E-state index < -0.39 is 0 Å². The lowest BCUT2D eigenvalue weighted by Crippen LogP contribution is -2.23. The SMILES string of the molecule is C=C(CNCC)Cn1ccc(C)cc1=O. The fraction of sp³-hybridized carbons (Fsp3) is 0.417. The van der Waals surface area contributed by atoms with Gasteiger partial charge in [-0.2, -0.15) is 0 Å². The number of likely N-dealkylation sites (N-methyl/N-ethyl adjacent to an activating group) is 1. The van der Waals surface area contributed by atoms with Crippen LogP contribution in [0.3, 0.4) is 0 Å². The van der Waals surface area contributed by atoms with Crippen molar-refractivity contribution in [2.75, 3.05) is 13.1 Å². The lowest BCUT2D eigenvalue weighted by atomic mass is 10.2. The van der Waals surface area contributed by atoms with Gasteiger partial charge in [0.25, 0.3) is 5.56 Å². The first kappa shape index (κ1) is 11.7. The molecule has 0 saturated heterocycles. The van der Waals surface area contributed by atoms with Crippen LogP contribution in [0.2, 0.25) is 0 Å². The van der Waals surface area contributed by atoms with Gasteiger partial charge >= 0.3 is 0 Å². The molecule has 1 heterocycles. The number of hydrogen-bond acceptors (Lipinski definition) is 2. The van der Waals surface area contributed by atoms with E-state index in [-0.39, 0.29) is 5.56 Å². The molecule has 3 nitrogen and oxygen atoms in total. The van der Waals surface area contributed by atoms with E-state index >= 15 is 0 Å². The number of nitrogens with one attached hydrogen (secondary N) is 1. The van der Waals surface area contributed by atoms with Crippen LogP contribution in [0, 0.1) is 6.92 Å². The average molecular weight is 206 g/mol. The van der Waals surface area contributed by atoms with Crippen molar-refractivity contribution < 1.29 is 0 Å². The standard InChI is InChI=1S/C12H18N2O/c1-4-13-8-11(3)9-14-6-5-10(2)7-12(14)15/h5-7,13H,3-4,8-9H2,1-2H3. The molecule has 0 amide bonds. The van der Waals surface area contributed by atoms with Crippen LogP contribution >= 0.6 is 0 Å².